The van der Waals surface area contributed by atoms with Crippen LogP contribution in [-0.2, 0) is 0 Å². The van der Waals surface area contributed by atoms with Gasteiger partial charge in [-0.25, -0.2) is 0 Å². The second kappa shape index (κ2) is 3.36. The minimum Gasteiger partial charge on any atom is -0.376 e. The molecule has 0 unspecified atom stereocenters. The van der Waals surface area contributed by atoms with Gasteiger partial charge in [0.05, 0.1) is 0 Å². The van der Waals surface area contributed by atoms with E-state index in [-0.39, 0.29) is 0 Å². The lowest BCUT2D eigenvalue weighted by Gasteiger charge is -2.20. The van der Waals surface area contributed by atoms with Crippen LogP contribution in [0.1, 0.15) is 6.42 Å². The first-order valence-corrected chi connectivity index (χ1v) is 4.23. The van der Waals surface area contributed by atoms with Crippen LogP contribution in [0.5, 0.6) is 0 Å². The predicted molar refractivity (Wildman–Crippen MR) is 50.5 cm³/mol. The molecular formula is C7H15N3S. The molecule has 0 bridgehead atoms. The molecule has 3 nitrogen and oxygen atoms in total. The topological polar surface area (TPSA) is 32.5 Å². The molecule has 11 heavy (non-hydrogen) atoms. The summed E-state index contributed by atoms with van der Waals surface area (Å²) >= 11 is 4.88. The minimum atomic E-state index is 0.536. The average Bonchev–Trinajstić information content (AvgIpc) is 2.33. The van der Waals surface area contributed by atoms with E-state index >= 15 is 0 Å². The van der Waals surface area contributed by atoms with Gasteiger partial charge in [-0.05, 0) is 32.7 Å². The van der Waals surface area contributed by atoms with Crippen LogP contribution in [0.4, 0.5) is 0 Å². The van der Waals surface area contributed by atoms with E-state index in [2.05, 4.69) is 23.9 Å². The van der Waals surface area contributed by atoms with E-state index < -0.39 is 0 Å². The number of rotatable bonds is 1. The molecule has 0 spiro atoms. The Labute approximate surface area is 73.1 Å². The van der Waals surface area contributed by atoms with Crippen molar-refractivity contribution >= 4 is 17.3 Å². The van der Waals surface area contributed by atoms with Gasteiger partial charge in [0.15, 0.2) is 5.11 Å². The Morgan fingerprint density at radius 3 is 2.55 bits per heavy atom. The molecular weight excluding hydrogens is 158 g/mol. The maximum absolute atomic E-state index is 5.50. The summed E-state index contributed by atoms with van der Waals surface area (Å²) in [5.74, 6) is 0. The molecule has 2 N–H and O–H groups in total. The fourth-order valence-corrected chi connectivity index (χ4v) is 1.53. The molecule has 0 aromatic carbocycles. The highest BCUT2D eigenvalue weighted by Gasteiger charge is 2.23. The van der Waals surface area contributed by atoms with E-state index in [9.17, 15) is 0 Å². The van der Waals surface area contributed by atoms with Crippen molar-refractivity contribution in [3.63, 3.8) is 0 Å². The van der Waals surface area contributed by atoms with Crippen molar-refractivity contribution in [3.8, 4) is 0 Å². The van der Waals surface area contributed by atoms with Crippen LogP contribution in [0.2, 0.25) is 0 Å². The molecule has 0 aliphatic carbocycles. The van der Waals surface area contributed by atoms with Gasteiger partial charge in [-0.15, -0.1) is 0 Å². The maximum atomic E-state index is 5.50. The van der Waals surface area contributed by atoms with Gasteiger partial charge in [0.1, 0.15) is 0 Å². The van der Waals surface area contributed by atoms with Gasteiger partial charge in [-0.3, -0.25) is 0 Å². The number of nitrogens with two attached hydrogens (primary N) is 1. The van der Waals surface area contributed by atoms with Crippen LogP contribution in [0.15, 0.2) is 0 Å². The van der Waals surface area contributed by atoms with Crippen molar-refractivity contribution in [2.24, 2.45) is 5.73 Å². The van der Waals surface area contributed by atoms with Crippen LogP contribution in [0, 0.1) is 0 Å². The van der Waals surface area contributed by atoms with E-state index in [1.165, 1.54) is 6.42 Å². The summed E-state index contributed by atoms with van der Waals surface area (Å²) in [5.41, 5.74) is 5.50. The largest absolute Gasteiger partial charge is 0.376 e. The monoisotopic (exact) mass is 173 g/mol. The van der Waals surface area contributed by atoms with Crippen LogP contribution in [-0.4, -0.2) is 48.1 Å². The summed E-state index contributed by atoms with van der Waals surface area (Å²) in [6.07, 6.45) is 1.17. The Morgan fingerprint density at radius 2 is 2.27 bits per heavy atom. The lowest BCUT2D eigenvalue weighted by Crippen LogP contribution is -2.37. The van der Waals surface area contributed by atoms with Crippen molar-refractivity contribution in [3.05, 3.63) is 0 Å². The molecule has 0 radical (unpaired) electrons. The molecule has 4 heteroatoms. The van der Waals surface area contributed by atoms with Gasteiger partial charge in [0.25, 0.3) is 0 Å². The number of thiocarbonyl (C=S) groups is 1. The van der Waals surface area contributed by atoms with E-state index in [0.717, 1.165) is 13.1 Å². The van der Waals surface area contributed by atoms with Crippen LogP contribution >= 0.6 is 12.2 Å². The van der Waals surface area contributed by atoms with Gasteiger partial charge in [-0.1, -0.05) is 0 Å². The Balaban J connectivity index is 2.41. The molecule has 0 amide bonds. The number of hydrogen-bond acceptors (Lipinski definition) is 2. The smallest absolute Gasteiger partial charge is 0.166 e. The molecule has 0 aromatic heterocycles. The highest BCUT2D eigenvalue weighted by Crippen LogP contribution is 2.12. The standard InChI is InChI=1S/C7H15N3S/c1-9(2)6-3-4-10(5-6)7(8)11/h6H,3-5H2,1-2H3,(H2,8,11)/t6-/m0/s1. The van der Waals surface area contributed by atoms with Gasteiger partial charge >= 0.3 is 0 Å². The Hall–Kier alpha value is -0.350. The summed E-state index contributed by atoms with van der Waals surface area (Å²) in [6, 6.07) is 0.622. The van der Waals surface area contributed by atoms with Gasteiger partial charge < -0.3 is 15.5 Å². The fraction of sp³-hybridized carbons (Fsp3) is 0.857. The SMILES string of the molecule is CN(C)[C@H]1CCN(C(N)=S)C1. The summed E-state index contributed by atoms with van der Waals surface area (Å²) in [4.78, 5) is 4.28. The molecule has 1 aliphatic heterocycles. The average molecular weight is 173 g/mol. The third-order valence-corrected chi connectivity index (χ3v) is 2.46. The minimum absolute atomic E-state index is 0.536. The third kappa shape index (κ3) is 2.04. The predicted octanol–water partition coefficient (Wildman–Crippen LogP) is -0.134. The zero-order valence-electron chi connectivity index (χ0n) is 7.08. The first kappa shape index (κ1) is 8.74. The fourth-order valence-electron chi connectivity index (χ4n) is 1.36. The van der Waals surface area contributed by atoms with E-state index in [4.69, 9.17) is 18.0 Å². The zero-order valence-corrected chi connectivity index (χ0v) is 7.90. The van der Waals surface area contributed by atoms with Gasteiger partial charge in [0.2, 0.25) is 0 Å². The Morgan fingerprint density at radius 1 is 1.64 bits per heavy atom. The maximum Gasteiger partial charge on any atom is 0.166 e. The summed E-state index contributed by atoms with van der Waals surface area (Å²) in [7, 11) is 4.18. The van der Waals surface area contributed by atoms with Crippen LogP contribution < -0.4 is 5.73 Å². The molecule has 1 heterocycles. The number of likely N-dealkylation sites (tertiary alicyclic amines) is 1. The molecule has 1 rings (SSSR count). The molecule has 1 saturated heterocycles. The first-order valence-electron chi connectivity index (χ1n) is 3.82. The van der Waals surface area contributed by atoms with Crippen molar-refractivity contribution < 1.29 is 0 Å². The zero-order chi connectivity index (χ0) is 8.43. The first-order chi connectivity index (χ1) is 5.11. The quantitative estimate of drug-likeness (QED) is 0.560. The highest BCUT2D eigenvalue weighted by atomic mass is 32.1. The molecule has 1 atom stereocenters. The van der Waals surface area contributed by atoms with Gasteiger partial charge in [-0.2, -0.15) is 0 Å². The van der Waals surface area contributed by atoms with E-state index in [1.54, 1.807) is 0 Å². The molecule has 64 valence electrons. The molecule has 0 saturated carbocycles. The van der Waals surface area contributed by atoms with Crippen molar-refractivity contribution in [1.29, 1.82) is 0 Å². The highest BCUT2D eigenvalue weighted by molar-refractivity contribution is 7.80. The summed E-state index contributed by atoms with van der Waals surface area (Å²) in [6.45, 7) is 2.00. The summed E-state index contributed by atoms with van der Waals surface area (Å²) in [5, 5.41) is 0.536. The van der Waals surface area contributed by atoms with E-state index in [1.807, 2.05) is 0 Å². The van der Waals surface area contributed by atoms with Gasteiger partial charge in [0, 0.05) is 19.1 Å². The van der Waals surface area contributed by atoms with Crippen LogP contribution in [0.25, 0.3) is 0 Å². The second-order valence-corrected chi connectivity index (χ2v) is 3.61. The van der Waals surface area contributed by atoms with Crippen molar-refractivity contribution in [2.45, 2.75) is 12.5 Å². The van der Waals surface area contributed by atoms with Crippen molar-refractivity contribution in [1.82, 2.24) is 9.80 Å². The lowest BCUT2D eigenvalue weighted by molar-refractivity contribution is 0.301. The molecule has 1 aliphatic rings. The Kier molecular flexibility index (Phi) is 2.67. The van der Waals surface area contributed by atoms with E-state index in [0.29, 0.717) is 11.2 Å². The normalized spacial score (nSPS) is 24.6. The third-order valence-electron chi connectivity index (χ3n) is 2.21. The number of nitrogens with zero attached hydrogens (tertiary/aromatic N) is 2. The van der Waals surface area contributed by atoms with Crippen molar-refractivity contribution in [2.75, 3.05) is 27.2 Å². The second-order valence-electron chi connectivity index (χ2n) is 3.19. The molecule has 1 fully saturated rings. The Bertz CT molecular complexity index is 158. The molecule has 0 aromatic rings. The lowest BCUT2D eigenvalue weighted by atomic mass is 10.2. The number of likely N-dealkylation sites (N-methyl/N-ethyl adjacent to an activating group) is 1. The summed E-state index contributed by atoms with van der Waals surface area (Å²) < 4.78 is 0. The van der Waals surface area contributed by atoms with Crippen LogP contribution in [0.3, 0.4) is 0 Å². The number of hydrogen-bond donors (Lipinski definition) is 1.